The van der Waals surface area contributed by atoms with Crippen molar-refractivity contribution in [3.05, 3.63) is 23.8 Å². The zero-order chi connectivity index (χ0) is 7.23. The maximum atomic E-state index is 8.48. The average molecular weight is 138 g/mol. The van der Waals surface area contributed by atoms with Gasteiger partial charge in [-0.05, 0) is 25.7 Å². The minimum atomic E-state index is 0.164. The molecule has 0 saturated heterocycles. The number of hydrogen-bond acceptors (Lipinski definition) is 1. The van der Waals surface area contributed by atoms with Crippen LogP contribution in [0.25, 0.3) is 0 Å². The van der Waals surface area contributed by atoms with E-state index in [-0.39, 0.29) is 6.61 Å². The molecule has 0 radical (unpaired) electrons. The SMILES string of the molecule is OCC=CC1=CCCCC1. The summed E-state index contributed by atoms with van der Waals surface area (Å²) in [6.45, 7) is 0.164. The zero-order valence-corrected chi connectivity index (χ0v) is 6.21. The first kappa shape index (κ1) is 7.55. The van der Waals surface area contributed by atoms with Crippen molar-refractivity contribution in [2.75, 3.05) is 6.61 Å². The third-order valence-corrected chi connectivity index (χ3v) is 1.76. The number of aliphatic hydroxyl groups is 1. The van der Waals surface area contributed by atoms with Crippen LogP contribution in [0.15, 0.2) is 23.8 Å². The van der Waals surface area contributed by atoms with E-state index in [0.29, 0.717) is 0 Å². The van der Waals surface area contributed by atoms with Gasteiger partial charge in [0.25, 0.3) is 0 Å². The van der Waals surface area contributed by atoms with Gasteiger partial charge in [-0.3, -0.25) is 0 Å². The van der Waals surface area contributed by atoms with E-state index in [1.807, 2.05) is 6.08 Å². The van der Waals surface area contributed by atoms with E-state index in [1.165, 1.54) is 31.3 Å². The van der Waals surface area contributed by atoms with Gasteiger partial charge in [-0.15, -0.1) is 0 Å². The van der Waals surface area contributed by atoms with Gasteiger partial charge in [0, 0.05) is 0 Å². The van der Waals surface area contributed by atoms with Crippen LogP contribution < -0.4 is 0 Å². The average Bonchev–Trinajstić information content (AvgIpc) is 2.03. The molecule has 0 saturated carbocycles. The standard InChI is InChI=1S/C9H14O/c10-8-4-7-9-5-2-1-3-6-9/h4-5,7,10H,1-3,6,8H2. The Hall–Kier alpha value is -0.560. The Kier molecular flexibility index (Phi) is 3.23. The molecule has 1 aliphatic carbocycles. The summed E-state index contributed by atoms with van der Waals surface area (Å²) in [4.78, 5) is 0. The molecule has 0 amide bonds. The molecule has 0 aliphatic heterocycles. The van der Waals surface area contributed by atoms with Crippen molar-refractivity contribution in [2.24, 2.45) is 0 Å². The van der Waals surface area contributed by atoms with Gasteiger partial charge in [-0.1, -0.05) is 23.8 Å². The van der Waals surface area contributed by atoms with E-state index in [9.17, 15) is 0 Å². The molecule has 0 heterocycles. The third kappa shape index (κ3) is 2.36. The van der Waals surface area contributed by atoms with Crippen LogP contribution >= 0.6 is 0 Å². The van der Waals surface area contributed by atoms with Gasteiger partial charge >= 0.3 is 0 Å². The van der Waals surface area contributed by atoms with E-state index < -0.39 is 0 Å². The van der Waals surface area contributed by atoms with Crippen LogP contribution in [0.2, 0.25) is 0 Å². The predicted molar refractivity (Wildman–Crippen MR) is 42.8 cm³/mol. The summed E-state index contributed by atoms with van der Waals surface area (Å²) >= 11 is 0. The van der Waals surface area contributed by atoms with Crippen LogP contribution in [0.5, 0.6) is 0 Å². The number of aliphatic hydroxyl groups excluding tert-OH is 1. The van der Waals surface area contributed by atoms with Crippen molar-refractivity contribution in [1.82, 2.24) is 0 Å². The van der Waals surface area contributed by atoms with Crippen LogP contribution in [0.4, 0.5) is 0 Å². The highest BCUT2D eigenvalue weighted by Gasteiger charge is 1.98. The van der Waals surface area contributed by atoms with E-state index in [4.69, 9.17) is 5.11 Å². The van der Waals surface area contributed by atoms with E-state index in [1.54, 1.807) is 6.08 Å². The Morgan fingerprint density at radius 3 is 3.00 bits per heavy atom. The summed E-state index contributed by atoms with van der Waals surface area (Å²) in [5.41, 5.74) is 1.39. The monoisotopic (exact) mass is 138 g/mol. The maximum Gasteiger partial charge on any atom is 0.0615 e. The minimum Gasteiger partial charge on any atom is -0.392 e. The fraction of sp³-hybridized carbons (Fsp3) is 0.556. The Balaban J connectivity index is 2.38. The number of allylic oxidation sites excluding steroid dienone is 3. The van der Waals surface area contributed by atoms with Crippen LogP contribution in [-0.2, 0) is 0 Å². The lowest BCUT2D eigenvalue weighted by Gasteiger charge is -2.07. The van der Waals surface area contributed by atoms with Crippen LogP contribution in [0.1, 0.15) is 25.7 Å². The molecular weight excluding hydrogens is 124 g/mol. The van der Waals surface area contributed by atoms with Crippen LogP contribution in [0.3, 0.4) is 0 Å². The second kappa shape index (κ2) is 4.29. The summed E-state index contributed by atoms with van der Waals surface area (Å²) in [6.07, 6.45) is 11.1. The summed E-state index contributed by atoms with van der Waals surface area (Å²) < 4.78 is 0. The molecule has 0 aromatic heterocycles. The molecule has 0 fully saturated rings. The van der Waals surface area contributed by atoms with Crippen molar-refractivity contribution in [3.63, 3.8) is 0 Å². The van der Waals surface area contributed by atoms with Gasteiger partial charge in [0.2, 0.25) is 0 Å². The van der Waals surface area contributed by atoms with Crippen molar-refractivity contribution >= 4 is 0 Å². The lowest BCUT2D eigenvalue weighted by molar-refractivity contribution is 0.342. The summed E-state index contributed by atoms with van der Waals surface area (Å²) in [7, 11) is 0. The topological polar surface area (TPSA) is 20.2 Å². The molecule has 0 spiro atoms. The quantitative estimate of drug-likeness (QED) is 0.619. The Morgan fingerprint density at radius 2 is 2.40 bits per heavy atom. The molecule has 0 atom stereocenters. The molecule has 0 unspecified atom stereocenters. The third-order valence-electron chi connectivity index (χ3n) is 1.76. The van der Waals surface area contributed by atoms with Crippen molar-refractivity contribution in [3.8, 4) is 0 Å². The Bertz CT molecular complexity index is 145. The normalized spacial score (nSPS) is 19.5. The molecule has 0 aromatic carbocycles. The van der Waals surface area contributed by atoms with Gasteiger partial charge < -0.3 is 5.11 Å². The second-order valence-electron chi connectivity index (χ2n) is 2.61. The van der Waals surface area contributed by atoms with Gasteiger partial charge in [-0.2, -0.15) is 0 Å². The maximum absolute atomic E-state index is 8.48. The lowest BCUT2D eigenvalue weighted by atomic mass is 9.99. The highest BCUT2D eigenvalue weighted by molar-refractivity contribution is 5.19. The van der Waals surface area contributed by atoms with Gasteiger partial charge in [0.05, 0.1) is 6.61 Å². The molecule has 1 heteroatoms. The first-order chi connectivity index (χ1) is 4.93. The van der Waals surface area contributed by atoms with Crippen molar-refractivity contribution < 1.29 is 5.11 Å². The lowest BCUT2D eigenvalue weighted by Crippen LogP contribution is -1.88. The largest absolute Gasteiger partial charge is 0.392 e. The van der Waals surface area contributed by atoms with Gasteiger partial charge in [-0.25, -0.2) is 0 Å². The summed E-state index contributed by atoms with van der Waals surface area (Å²) in [6, 6.07) is 0. The van der Waals surface area contributed by atoms with Gasteiger partial charge in [0.15, 0.2) is 0 Å². The Labute approximate surface area is 62.1 Å². The number of rotatable bonds is 2. The molecule has 0 bridgehead atoms. The smallest absolute Gasteiger partial charge is 0.0615 e. The van der Waals surface area contributed by atoms with Crippen molar-refractivity contribution in [1.29, 1.82) is 0 Å². The molecule has 10 heavy (non-hydrogen) atoms. The first-order valence-corrected chi connectivity index (χ1v) is 3.90. The molecular formula is C9H14O. The Morgan fingerprint density at radius 1 is 1.50 bits per heavy atom. The zero-order valence-electron chi connectivity index (χ0n) is 6.21. The van der Waals surface area contributed by atoms with Crippen LogP contribution in [-0.4, -0.2) is 11.7 Å². The van der Waals surface area contributed by atoms with Crippen molar-refractivity contribution in [2.45, 2.75) is 25.7 Å². The van der Waals surface area contributed by atoms with Gasteiger partial charge in [0.1, 0.15) is 0 Å². The fourth-order valence-corrected chi connectivity index (χ4v) is 1.22. The highest BCUT2D eigenvalue weighted by Crippen LogP contribution is 2.17. The number of hydrogen-bond donors (Lipinski definition) is 1. The predicted octanol–water partition coefficient (Wildman–Crippen LogP) is 2.04. The van der Waals surface area contributed by atoms with E-state index >= 15 is 0 Å². The fourth-order valence-electron chi connectivity index (χ4n) is 1.22. The summed E-state index contributed by atoms with van der Waals surface area (Å²) in [5, 5.41) is 8.48. The molecule has 1 aliphatic rings. The highest BCUT2D eigenvalue weighted by atomic mass is 16.2. The van der Waals surface area contributed by atoms with E-state index in [2.05, 4.69) is 6.08 Å². The van der Waals surface area contributed by atoms with Crippen LogP contribution in [0, 0.1) is 0 Å². The molecule has 0 aromatic rings. The minimum absolute atomic E-state index is 0.164. The summed E-state index contributed by atoms with van der Waals surface area (Å²) in [5.74, 6) is 0. The van der Waals surface area contributed by atoms with E-state index in [0.717, 1.165) is 0 Å². The molecule has 56 valence electrons. The second-order valence-corrected chi connectivity index (χ2v) is 2.61. The first-order valence-electron chi connectivity index (χ1n) is 3.90. The molecule has 1 N–H and O–H groups in total. The molecule has 1 rings (SSSR count). The molecule has 1 nitrogen and oxygen atoms in total.